The van der Waals surface area contributed by atoms with Gasteiger partial charge in [0.2, 0.25) is 0 Å². The van der Waals surface area contributed by atoms with Crippen molar-refractivity contribution in [1.82, 2.24) is 0 Å². The lowest BCUT2D eigenvalue weighted by Crippen LogP contribution is -2.49. The summed E-state index contributed by atoms with van der Waals surface area (Å²) < 4.78 is 6.99. The van der Waals surface area contributed by atoms with Gasteiger partial charge >= 0.3 is 0 Å². The molecule has 3 rings (SSSR count). The molecule has 0 aromatic heterocycles. The van der Waals surface area contributed by atoms with Crippen molar-refractivity contribution in [2.45, 2.75) is 50.2 Å². The normalized spacial score (nSPS) is 28.7. The van der Waals surface area contributed by atoms with Gasteiger partial charge in [-0.1, -0.05) is 28.1 Å². The number of hydrogen-bond acceptors (Lipinski definition) is 2. The first kappa shape index (κ1) is 13.6. The molecule has 1 aliphatic heterocycles. The van der Waals surface area contributed by atoms with Gasteiger partial charge in [-0.25, -0.2) is 0 Å². The predicted molar refractivity (Wildman–Crippen MR) is 79.0 cm³/mol. The molecule has 2 aliphatic rings. The first-order chi connectivity index (χ1) is 9.02. The predicted octanol–water partition coefficient (Wildman–Crippen LogP) is 4.01. The summed E-state index contributed by atoms with van der Waals surface area (Å²) in [6, 6.07) is 8.04. The van der Waals surface area contributed by atoms with Crippen molar-refractivity contribution in [3.8, 4) is 0 Å². The molecule has 1 saturated carbocycles. The van der Waals surface area contributed by atoms with Crippen LogP contribution >= 0.6 is 15.9 Å². The highest BCUT2D eigenvalue weighted by molar-refractivity contribution is 9.10. The Morgan fingerprint density at radius 1 is 1.42 bits per heavy atom. The minimum atomic E-state index is -0.768. The molecule has 1 heterocycles. The van der Waals surface area contributed by atoms with Gasteiger partial charge in [0, 0.05) is 11.1 Å². The van der Waals surface area contributed by atoms with Gasteiger partial charge in [0.05, 0.1) is 11.2 Å². The second-order valence-corrected chi connectivity index (χ2v) is 7.15. The summed E-state index contributed by atoms with van der Waals surface area (Å²) in [5.41, 5.74) is 0.318. The molecule has 1 aliphatic carbocycles. The highest BCUT2D eigenvalue weighted by Gasteiger charge is 2.47. The molecule has 0 radical (unpaired) electrons. The van der Waals surface area contributed by atoms with Crippen molar-refractivity contribution in [2.75, 3.05) is 6.61 Å². The van der Waals surface area contributed by atoms with Crippen LogP contribution in [0.3, 0.4) is 0 Å². The van der Waals surface area contributed by atoms with E-state index in [1.807, 2.05) is 31.2 Å². The molecule has 2 nitrogen and oxygen atoms in total. The molecule has 1 aromatic carbocycles. The quantitative estimate of drug-likeness (QED) is 0.890. The van der Waals surface area contributed by atoms with Crippen LogP contribution in [0.4, 0.5) is 0 Å². The molecule has 104 valence electrons. The Kier molecular flexibility index (Phi) is 3.48. The zero-order chi connectivity index (χ0) is 13.5. The summed E-state index contributed by atoms with van der Waals surface area (Å²) in [5.74, 6) is 0.288. The van der Waals surface area contributed by atoms with Crippen LogP contribution in [-0.2, 0) is 10.3 Å². The van der Waals surface area contributed by atoms with E-state index in [4.69, 9.17) is 4.74 Å². The SMILES string of the molecule is CC(O)(c1cccc(Br)c1)C1CCOC2(CCC2)C1. The molecule has 1 N–H and O–H groups in total. The number of hydrogen-bond donors (Lipinski definition) is 1. The Bertz CT molecular complexity index is 466. The molecule has 0 bridgehead atoms. The molecule has 0 amide bonds. The molecule has 2 atom stereocenters. The first-order valence-electron chi connectivity index (χ1n) is 7.14. The van der Waals surface area contributed by atoms with Crippen molar-refractivity contribution in [1.29, 1.82) is 0 Å². The minimum Gasteiger partial charge on any atom is -0.385 e. The first-order valence-corrected chi connectivity index (χ1v) is 7.94. The molecule has 2 unspecified atom stereocenters. The zero-order valence-electron chi connectivity index (χ0n) is 11.4. The van der Waals surface area contributed by atoms with Crippen LogP contribution in [0.1, 0.15) is 44.6 Å². The van der Waals surface area contributed by atoms with Crippen molar-refractivity contribution < 1.29 is 9.84 Å². The maximum Gasteiger partial charge on any atom is 0.0898 e. The van der Waals surface area contributed by atoms with E-state index in [-0.39, 0.29) is 11.5 Å². The van der Waals surface area contributed by atoms with E-state index in [1.165, 1.54) is 6.42 Å². The van der Waals surface area contributed by atoms with Gasteiger partial charge in [0.1, 0.15) is 0 Å². The third-order valence-electron chi connectivity index (χ3n) is 4.96. The number of aliphatic hydroxyl groups is 1. The molecule has 2 fully saturated rings. The van der Waals surface area contributed by atoms with Gasteiger partial charge in [0.25, 0.3) is 0 Å². The van der Waals surface area contributed by atoms with Gasteiger partial charge in [-0.15, -0.1) is 0 Å². The lowest BCUT2D eigenvalue weighted by atomic mass is 9.67. The maximum atomic E-state index is 11.0. The molecule has 19 heavy (non-hydrogen) atoms. The average Bonchev–Trinajstić information content (AvgIpc) is 2.37. The Hall–Kier alpha value is -0.380. The molecule has 3 heteroatoms. The lowest BCUT2D eigenvalue weighted by Gasteiger charge is -2.50. The molecular formula is C16H21BrO2. The summed E-state index contributed by atoms with van der Waals surface area (Å²) in [6.07, 6.45) is 5.54. The van der Waals surface area contributed by atoms with Crippen LogP contribution in [0, 0.1) is 5.92 Å². The lowest BCUT2D eigenvalue weighted by molar-refractivity contribution is -0.174. The smallest absolute Gasteiger partial charge is 0.0898 e. The molecule has 1 spiro atoms. The summed E-state index contributed by atoms with van der Waals surface area (Å²) in [6.45, 7) is 2.74. The van der Waals surface area contributed by atoms with E-state index in [1.54, 1.807) is 0 Å². The Labute approximate surface area is 123 Å². The van der Waals surface area contributed by atoms with Crippen LogP contribution < -0.4 is 0 Å². The fraction of sp³-hybridized carbons (Fsp3) is 0.625. The second kappa shape index (κ2) is 4.87. The van der Waals surface area contributed by atoms with Crippen molar-refractivity contribution in [3.63, 3.8) is 0 Å². The molecule has 1 aromatic rings. The van der Waals surface area contributed by atoms with E-state index in [9.17, 15) is 5.11 Å². The highest BCUT2D eigenvalue weighted by atomic mass is 79.9. The number of halogens is 1. The van der Waals surface area contributed by atoms with Gasteiger partial charge in [-0.3, -0.25) is 0 Å². The fourth-order valence-electron chi connectivity index (χ4n) is 3.47. The van der Waals surface area contributed by atoms with Gasteiger partial charge in [-0.2, -0.15) is 0 Å². The topological polar surface area (TPSA) is 29.5 Å². The summed E-state index contributed by atoms with van der Waals surface area (Å²) in [4.78, 5) is 0. The van der Waals surface area contributed by atoms with Crippen molar-refractivity contribution in [2.24, 2.45) is 5.92 Å². The van der Waals surface area contributed by atoms with Crippen LogP contribution in [0.25, 0.3) is 0 Å². The standard InChI is InChI=1S/C16H21BrO2/c1-15(18,12-4-2-5-14(17)10-12)13-6-9-19-16(11-13)7-3-8-16/h2,4-5,10,13,18H,3,6-9,11H2,1H3. The summed E-state index contributed by atoms with van der Waals surface area (Å²) >= 11 is 3.49. The monoisotopic (exact) mass is 324 g/mol. The summed E-state index contributed by atoms with van der Waals surface area (Å²) in [5, 5.41) is 11.0. The maximum absolute atomic E-state index is 11.0. The van der Waals surface area contributed by atoms with E-state index >= 15 is 0 Å². The van der Waals surface area contributed by atoms with Crippen molar-refractivity contribution >= 4 is 15.9 Å². The van der Waals surface area contributed by atoms with Crippen molar-refractivity contribution in [3.05, 3.63) is 34.3 Å². The van der Waals surface area contributed by atoms with E-state index in [2.05, 4.69) is 15.9 Å². The highest BCUT2D eigenvalue weighted by Crippen LogP contribution is 2.48. The number of ether oxygens (including phenoxy) is 1. The zero-order valence-corrected chi connectivity index (χ0v) is 12.9. The van der Waals surface area contributed by atoms with Gasteiger partial charge < -0.3 is 9.84 Å². The van der Waals surface area contributed by atoms with Crippen LogP contribution in [0.2, 0.25) is 0 Å². The van der Waals surface area contributed by atoms with Crippen LogP contribution in [-0.4, -0.2) is 17.3 Å². The number of rotatable bonds is 2. The van der Waals surface area contributed by atoms with E-state index < -0.39 is 5.60 Å². The number of benzene rings is 1. The van der Waals surface area contributed by atoms with Gasteiger partial charge in [0.15, 0.2) is 0 Å². The fourth-order valence-corrected chi connectivity index (χ4v) is 3.87. The third-order valence-corrected chi connectivity index (χ3v) is 5.46. The van der Waals surface area contributed by atoms with E-state index in [0.29, 0.717) is 0 Å². The molecular weight excluding hydrogens is 304 g/mol. The third kappa shape index (κ3) is 2.48. The Morgan fingerprint density at radius 3 is 2.84 bits per heavy atom. The average molecular weight is 325 g/mol. The largest absolute Gasteiger partial charge is 0.385 e. The van der Waals surface area contributed by atoms with E-state index in [0.717, 1.165) is 42.3 Å². The minimum absolute atomic E-state index is 0.0823. The Morgan fingerprint density at radius 2 is 2.21 bits per heavy atom. The second-order valence-electron chi connectivity index (χ2n) is 6.23. The summed E-state index contributed by atoms with van der Waals surface area (Å²) in [7, 11) is 0. The van der Waals surface area contributed by atoms with Gasteiger partial charge in [-0.05, 0) is 62.6 Å². The van der Waals surface area contributed by atoms with Crippen LogP contribution in [0.15, 0.2) is 28.7 Å². The molecule has 1 saturated heterocycles. The Balaban J connectivity index is 1.83. The van der Waals surface area contributed by atoms with Crippen LogP contribution in [0.5, 0.6) is 0 Å².